The molecule has 1 saturated carbocycles. The molecule has 0 aromatic rings. The highest BCUT2D eigenvalue weighted by Gasteiger charge is 2.33. The van der Waals surface area contributed by atoms with Crippen molar-refractivity contribution in [1.82, 2.24) is 9.80 Å². The fourth-order valence-corrected chi connectivity index (χ4v) is 3.31. The van der Waals surface area contributed by atoms with Gasteiger partial charge in [-0.05, 0) is 33.6 Å². The zero-order valence-corrected chi connectivity index (χ0v) is 14.8. The van der Waals surface area contributed by atoms with Gasteiger partial charge in [0.1, 0.15) is 5.60 Å². The van der Waals surface area contributed by atoms with Crippen LogP contribution in [-0.2, 0) is 9.53 Å². The largest absolute Gasteiger partial charge is 0.444 e. The van der Waals surface area contributed by atoms with Crippen LogP contribution in [0.1, 0.15) is 59.3 Å². The Morgan fingerprint density at radius 3 is 2.04 bits per heavy atom. The maximum absolute atomic E-state index is 12.5. The summed E-state index contributed by atoms with van der Waals surface area (Å²) in [6, 6.07) is 0. The zero-order valence-electron chi connectivity index (χ0n) is 14.8. The molecule has 1 aliphatic carbocycles. The molecule has 2 amide bonds. The monoisotopic (exact) mass is 325 g/mol. The molecule has 0 unspecified atom stereocenters. The van der Waals surface area contributed by atoms with E-state index in [1.54, 1.807) is 4.90 Å². The Morgan fingerprint density at radius 1 is 1.00 bits per heavy atom. The molecular weight excluding hydrogens is 294 g/mol. The highest BCUT2D eigenvalue weighted by Crippen LogP contribution is 2.29. The van der Waals surface area contributed by atoms with Gasteiger partial charge in [0.15, 0.2) is 0 Å². The Hall–Kier alpha value is -1.30. The van der Waals surface area contributed by atoms with Crippen LogP contribution in [0.4, 0.5) is 4.79 Å². The number of hydrogen-bond acceptors (Lipinski definition) is 4. The standard InChI is InChI=1S/C17H31N3O3/c1-16(2,3)23-15(22)20-11-9-19(10-12-20)14(21)13-17(18)7-5-4-6-8-17/h4-13,18H2,1-3H3. The van der Waals surface area contributed by atoms with Crippen molar-refractivity contribution in [1.29, 1.82) is 0 Å². The summed E-state index contributed by atoms with van der Waals surface area (Å²) in [6.45, 7) is 7.75. The normalized spacial score (nSPS) is 21.9. The van der Waals surface area contributed by atoms with Crippen molar-refractivity contribution in [3.8, 4) is 0 Å². The fraction of sp³-hybridized carbons (Fsp3) is 0.882. The van der Waals surface area contributed by atoms with E-state index in [2.05, 4.69) is 0 Å². The number of hydrogen-bond donors (Lipinski definition) is 1. The van der Waals surface area contributed by atoms with Gasteiger partial charge in [-0.15, -0.1) is 0 Å². The first-order valence-electron chi connectivity index (χ1n) is 8.73. The second-order valence-corrected chi connectivity index (χ2v) is 7.95. The minimum absolute atomic E-state index is 0.123. The Labute approximate surface area is 139 Å². The van der Waals surface area contributed by atoms with Crippen LogP contribution in [0.5, 0.6) is 0 Å². The second-order valence-electron chi connectivity index (χ2n) is 7.95. The predicted octanol–water partition coefficient (Wildman–Crippen LogP) is 2.12. The Kier molecular flexibility index (Phi) is 5.55. The maximum Gasteiger partial charge on any atom is 0.410 e. The molecule has 23 heavy (non-hydrogen) atoms. The van der Waals surface area contributed by atoms with E-state index >= 15 is 0 Å². The molecular formula is C17H31N3O3. The lowest BCUT2D eigenvalue weighted by atomic mass is 9.80. The van der Waals surface area contributed by atoms with E-state index in [0.717, 1.165) is 25.7 Å². The number of carbonyl (C=O) groups excluding carboxylic acids is 2. The van der Waals surface area contributed by atoms with Gasteiger partial charge >= 0.3 is 6.09 Å². The van der Waals surface area contributed by atoms with E-state index < -0.39 is 5.60 Å². The van der Waals surface area contributed by atoms with Crippen molar-refractivity contribution >= 4 is 12.0 Å². The molecule has 0 bridgehead atoms. The molecule has 0 atom stereocenters. The van der Waals surface area contributed by atoms with Gasteiger partial charge in [-0.2, -0.15) is 0 Å². The summed E-state index contributed by atoms with van der Waals surface area (Å²) in [4.78, 5) is 28.0. The number of nitrogens with two attached hydrogens (primary N) is 1. The average molecular weight is 325 g/mol. The first-order chi connectivity index (χ1) is 10.7. The van der Waals surface area contributed by atoms with Crippen molar-refractivity contribution in [2.45, 2.75) is 70.4 Å². The number of piperazine rings is 1. The van der Waals surface area contributed by atoms with Crippen molar-refractivity contribution < 1.29 is 14.3 Å². The second kappa shape index (κ2) is 7.07. The van der Waals surface area contributed by atoms with Crippen molar-refractivity contribution in [2.24, 2.45) is 5.73 Å². The molecule has 1 saturated heterocycles. The molecule has 0 aromatic carbocycles. The van der Waals surface area contributed by atoms with E-state index in [1.165, 1.54) is 6.42 Å². The molecule has 2 N–H and O–H groups in total. The smallest absolute Gasteiger partial charge is 0.410 e. The molecule has 1 heterocycles. The molecule has 132 valence electrons. The summed E-state index contributed by atoms with van der Waals surface area (Å²) in [5, 5.41) is 0. The summed E-state index contributed by atoms with van der Waals surface area (Å²) >= 11 is 0. The molecule has 0 spiro atoms. The molecule has 0 aromatic heterocycles. The molecule has 2 fully saturated rings. The maximum atomic E-state index is 12.5. The lowest BCUT2D eigenvalue weighted by Crippen LogP contribution is -2.54. The lowest BCUT2D eigenvalue weighted by Gasteiger charge is -2.38. The third-order valence-electron chi connectivity index (χ3n) is 4.64. The van der Waals surface area contributed by atoms with Crippen molar-refractivity contribution in [3.05, 3.63) is 0 Å². The van der Waals surface area contributed by atoms with E-state index in [1.807, 2.05) is 25.7 Å². The van der Waals surface area contributed by atoms with Crippen molar-refractivity contribution in [3.63, 3.8) is 0 Å². The molecule has 2 aliphatic rings. The Balaban J connectivity index is 1.79. The van der Waals surface area contributed by atoms with Gasteiger partial charge in [-0.3, -0.25) is 4.79 Å². The quantitative estimate of drug-likeness (QED) is 0.844. The van der Waals surface area contributed by atoms with Gasteiger partial charge in [0.05, 0.1) is 0 Å². The number of rotatable bonds is 2. The highest BCUT2D eigenvalue weighted by atomic mass is 16.6. The molecule has 0 radical (unpaired) electrons. The Morgan fingerprint density at radius 2 is 1.52 bits per heavy atom. The Bertz CT molecular complexity index is 431. The topological polar surface area (TPSA) is 75.9 Å². The van der Waals surface area contributed by atoms with Gasteiger partial charge in [0.2, 0.25) is 5.91 Å². The summed E-state index contributed by atoms with van der Waals surface area (Å²) in [5.74, 6) is 0.123. The predicted molar refractivity (Wildman–Crippen MR) is 89.0 cm³/mol. The molecule has 2 rings (SSSR count). The van der Waals surface area contributed by atoms with Crippen LogP contribution in [-0.4, -0.2) is 59.1 Å². The van der Waals surface area contributed by atoms with Crippen LogP contribution >= 0.6 is 0 Å². The zero-order chi connectivity index (χ0) is 17.1. The molecule has 6 heteroatoms. The van der Waals surface area contributed by atoms with Gasteiger partial charge < -0.3 is 20.3 Å². The molecule has 6 nitrogen and oxygen atoms in total. The van der Waals surface area contributed by atoms with Crippen LogP contribution in [0.3, 0.4) is 0 Å². The van der Waals surface area contributed by atoms with Crippen LogP contribution < -0.4 is 5.73 Å². The van der Waals surface area contributed by atoms with E-state index in [-0.39, 0.29) is 17.5 Å². The van der Waals surface area contributed by atoms with Gasteiger partial charge in [0.25, 0.3) is 0 Å². The number of amides is 2. The minimum atomic E-state index is -0.489. The first-order valence-corrected chi connectivity index (χ1v) is 8.73. The van der Waals surface area contributed by atoms with E-state index in [9.17, 15) is 9.59 Å². The van der Waals surface area contributed by atoms with Gasteiger partial charge in [-0.1, -0.05) is 19.3 Å². The third-order valence-corrected chi connectivity index (χ3v) is 4.64. The summed E-state index contributed by atoms with van der Waals surface area (Å²) in [5.41, 5.74) is 5.57. The van der Waals surface area contributed by atoms with E-state index in [4.69, 9.17) is 10.5 Å². The van der Waals surface area contributed by atoms with Crippen molar-refractivity contribution in [2.75, 3.05) is 26.2 Å². The van der Waals surface area contributed by atoms with Crippen LogP contribution in [0.25, 0.3) is 0 Å². The first kappa shape index (κ1) is 18.0. The average Bonchev–Trinajstić information content (AvgIpc) is 2.46. The van der Waals surface area contributed by atoms with Gasteiger partial charge in [-0.25, -0.2) is 4.79 Å². The van der Waals surface area contributed by atoms with Gasteiger partial charge in [0, 0.05) is 38.1 Å². The van der Waals surface area contributed by atoms with Crippen LogP contribution in [0, 0.1) is 0 Å². The van der Waals surface area contributed by atoms with Crippen LogP contribution in [0.15, 0.2) is 0 Å². The SMILES string of the molecule is CC(C)(C)OC(=O)N1CCN(C(=O)CC2(N)CCCCC2)CC1. The lowest BCUT2D eigenvalue weighted by molar-refractivity contribution is -0.134. The third kappa shape index (κ3) is 5.37. The number of nitrogens with zero attached hydrogens (tertiary/aromatic N) is 2. The summed E-state index contributed by atoms with van der Waals surface area (Å²) in [7, 11) is 0. The number of ether oxygens (including phenoxy) is 1. The minimum Gasteiger partial charge on any atom is -0.444 e. The number of carbonyl (C=O) groups is 2. The molecule has 1 aliphatic heterocycles. The summed E-state index contributed by atoms with van der Waals surface area (Å²) in [6.07, 6.45) is 5.48. The highest BCUT2D eigenvalue weighted by molar-refractivity contribution is 5.78. The van der Waals surface area contributed by atoms with Crippen LogP contribution in [0.2, 0.25) is 0 Å². The fourth-order valence-electron chi connectivity index (χ4n) is 3.31. The van der Waals surface area contributed by atoms with E-state index in [0.29, 0.717) is 32.6 Å². The summed E-state index contributed by atoms with van der Waals surface area (Å²) < 4.78 is 5.37.